The van der Waals surface area contributed by atoms with Gasteiger partial charge in [0.1, 0.15) is 12.4 Å². The van der Waals surface area contributed by atoms with Crippen molar-refractivity contribution in [2.45, 2.75) is 0 Å². The summed E-state index contributed by atoms with van der Waals surface area (Å²) in [6.07, 6.45) is 0. The monoisotopic (exact) mass is 360 g/mol. The summed E-state index contributed by atoms with van der Waals surface area (Å²) in [6.45, 7) is 2.01. The van der Waals surface area contributed by atoms with E-state index in [1.807, 2.05) is 54.6 Å². The summed E-state index contributed by atoms with van der Waals surface area (Å²) < 4.78 is 5.62. The molecule has 3 aromatic rings. The molecule has 4 rings (SSSR count). The molecule has 0 atom stereocenters. The highest BCUT2D eigenvalue weighted by molar-refractivity contribution is 6.25. The number of benzene rings is 3. The Morgan fingerprint density at radius 1 is 0.778 bits per heavy atom. The molecule has 1 heterocycles. The van der Waals surface area contributed by atoms with Gasteiger partial charge in [0.05, 0.1) is 0 Å². The molecule has 27 heavy (non-hydrogen) atoms. The largest absolute Gasteiger partial charge is 0.492 e. The first-order valence-corrected chi connectivity index (χ1v) is 9.02. The van der Waals surface area contributed by atoms with Crippen LogP contribution in [0.1, 0.15) is 20.7 Å². The van der Waals surface area contributed by atoms with Gasteiger partial charge in [0.2, 0.25) is 0 Å². The van der Waals surface area contributed by atoms with Crippen molar-refractivity contribution >= 4 is 22.6 Å². The fourth-order valence-electron chi connectivity index (χ4n) is 3.36. The molecule has 1 aliphatic heterocycles. The summed E-state index contributed by atoms with van der Waals surface area (Å²) in [5, 5.41) is 4.90. The summed E-state index contributed by atoms with van der Waals surface area (Å²) in [7, 11) is 0. The van der Waals surface area contributed by atoms with Crippen LogP contribution >= 0.6 is 0 Å². The van der Waals surface area contributed by atoms with E-state index in [9.17, 15) is 9.59 Å². The van der Waals surface area contributed by atoms with E-state index >= 15 is 0 Å². The summed E-state index contributed by atoms with van der Waals surface area (Å²) in [4.78, 5) is 26.9. The lowest BCUT2D eigenvalue weighted by atomic mass is 9.94. The molecule has 1 aliphatic rings. The second kappa shape index (κ2) is 7.60. The number of carbonyl (C=O) groups is 2. The maximum Gasteiger partial charge on any atom is 0.261 e. The molecule has 0 bridgehead atoms. The van der Waals surface area contributed by atoms with Crippen molar-refractivity contribution in [2.75, 3.05) is 26.2 Å². The minimum Gasteiger partial charge on any atom is -0.492 e. The van der Waals surface area contributed by atoms with Crippen LogP contribution in [0.2, 0.25) is 0 Å². The van der Waals surface area contributed by atoms with E-state index < -0.39 is 0 Å². The summed E-state index contributed by atoms with van der Waals surface area (Å²) in [6, 6.07) is 20.7. The van der Waals surface area contributed by atoms with Crippen LogP contribution in [0, 0.1) is 0 Å². The average molecular weight is 360 g/mol. The number of nitrogens with zero attached hydrogens (tertiary/aromatic N) is 1. The quantitative estimate of drug-likeness (QED) is 0.520. The van der Waals surface area contributed by atoms with Crippen molar-refractivity contribution in [1.82, 2.24) is 10.2 Å². The number of ether oxygens (including phenoxy) is 1. The van der Waals surface area contributed by atoms with E-state index in [0.717, 1.165) is 16.5 Å². The van der Waals surface area contributed by atoms with E-state index in [1.54, 1.807) is 12.1 Å². The average Bonchev–Trinajstić information content (AvgIpc) is 2.71. The molecule has 3 aromatic carbocycles. The van der Waals surface area contributed by atoms with Crippen LogP contribution in [0.15, 0.2) is 66.7 Å². The topological polar surface area (TPSA) is 58.6 Å². The van der Waals surface area contributed by atoms with Crippen molar-refractivity contribution in [3.8, 4) is 5.75 Å². The van der Waals surface area contributed by atoms with Gasteiger partial charge in [-0.1, -0.05) is 42.5 Å². The number of carbonyl (C=O) groups excluding carboxylic acids is 2. The van der Waals surface area contributed by atoms with Gasteiger partial charge in [-0.25, -0.2) is 0 Å². The Balaban J connectivity index is 1.35. The van der Waals surface area contributed by atoms with Gasteiger partial charge in [0.15, 0.2) is 0 Å². The zero-order chi connectivity index (χ0) is 18.6. The second-order valence-electron chi connectivity index (χ2n) is 6.38. The number of hydrogen-bond acceptors (Lipinski definition) is 4. The molecule has 0 saturated carbocycles. The van der Waals surface area contributed by atoms with Crippen molar-refractivity contribution in [3.05, 3.63) is 77.9 Å². The third-order valence-corrected chi connectivity index (χ3v) is 4.66. The third-order valence-electron chi connectivity index (χ3n) is 4.66. The molecule has 0 unspecified atom stereocenters. The molecule has 5 heteroatoms. The highest BCUT2D eigenvalue weighted by atomic mass is 16.5. The van der Waals surface area contributed by atoms with Gasteiger partial charge in [-0.2, -0.15) is 0 Å². The standard InChI is InChI=1S/C22H20N2O3/c25-21-18-10-4-6-16-7-5-11-19(20(16)18)22(26)24(21)14-12-23-13-15-27-17-8-2-1-3-9-17/h1-11,23H,12-15H2. The van der Waals surface area contributed by atoms with Crippen molar-refractivity contribution in [3.63, 3.8) is 0 Å². The molecule has 0 aromatic heterocycles. The van der Waals surface area contributed by atoms with Crippen LogP contribution in [0.5, 0.6) is 5.75 Å². The predicted octanol–water partition coefficient (Wildman–Crippen LogP) is 3.10. The predicted molar refractivity (Wildman–Crippen MR) is 104 cm³/mol. The zero-order valence-corrected chi connectivity index (χ0v) is 14.9. The van der Waals surface area contributed by atoms with Gasteiger partial charge in [0, 0.05) is 36.1 Å². The molecule has 5 nitrogen and oxygen atoms in total. The Kier molecular flexibility index (Phi) is 4.85. The van der Waals surface area contributed by atoms with Crippen LogP contribution in [0.4, 0.5) is 0 Å². The Bertz CT molecular complexity index is 935. The van der Waals surface area contributed by atoms with E-state index in [2.05, 4.69) is 5.32 Å². The lowest BCUT2D eigenvalue weighted by Crippen LogP contribution is -2.44. The number of rotatable bonds is 7. The maximum absolute atomic E-state index is 12.8. The summed E-state index contributed by atoms with van der Waals surface area (Å²) in [5.74, 6) is 0.364. The van der Waals surface area contributed by atoms with Gasteiger partial charge in [-0.05, 0) is 29.7 Å². The molecule has 0 radical (unpaired) electrons. The van der Waals surface area contributed by atoms with Crippen LogP contribution in [0.25, 0.3) is 10.8 Å². The van der Waals surface area contributed by atoms with Crippen LogP contribution in [0.3, 0.4) is 0 Å². The molecule has 0 aliphatic carbocycles. The SMILES string of the molecule is O=C1c2cccc3cccc(c23)C(=O)N1CCNCCOc1ccccc1. The van der Waals surface area contributed by atoms with E-state index in [4.69, 9.17) is 4.74 Å². The Morgan fingerprint density at radius 2 is 1.44 bits per heavy atom. The fourth-order valence-corrected chi connectivity index (χ4v) is 3.36. The highest BCUT2D eigenvalue weighted by Crippen LogP contribution is 2.29. The van der Waals surface area contributed by atoms with Crippen LogP contribution in [-0.4, -0.2) is 43.0 Å². The van der Waals surface area contributed by atoms with Crippen molar-refractivity contribution in [2.24, 2.45) is 0 Å². The number of hydrogen-bond donors (Lipinski definition) is 1. The van der Waals surface area contributed by atoms with Crippen molar-refractivity contribution in [1.29, 1.82) is 0 Å². The molecule has 136 valence electrons. The van der Waals surface area contributed by atoms with Gasteiger partial charge in [-0.15, -0.1) is 0 Å². The lowest BCUT2D eigenvalue weighted by molar-refractivity contribution is 0.0612. The second-order valence-corrected chi connectivity index (χ2v) is 6.38. The number of amides is 2. The van der Waals surface area contributed by atoms with E-state index in [0.29, 0.717) is 37.4 Å². The summed E-state index contributed by atoms with van der Waals surface area (Å²) in [5.41, 5.74) is 1.19. The number of imide groups is 1. The van der Waals surface area contributed by atoms with Gasteiger partial charge >= 0.3 is 0 Å². The minimum absolute atomic E-state index is 0.230. The zero-order valence-electron chi connectivity index (χ0n) is 14.9. The van der Waals surface area contributed by atoms with E-state index in [-0.39, 0.29) is 11.8 Å². The smallest absolute Gasteiger partial charge is 0.261 e. The van der Waals surface area contributed by atoms with Gasteiger partial charge < -0.3 is 10.1 Å². The van der Waals surface area contributed by atoms with E-state index in [1.165, 1.54) is 4.90 Å². The highest BCUT2D eigenvalue weighted by Gasteiger charge is 2.31. The first-order chi connectivity index (χ1) is 13.3. The first-order valence-electron chi connectivity index (χ1n) is 9.02. The maximum atomic E-state index is 12.8. The molecule has 0 saturated heterocycles. The lowest BCUT2D eigenvalue weighted by Gasteiger charge is -2.27. The molecule has 0 fully saturated rings. The minimum atomic E-state index is -0.230. The van der Waals surface area contributed by atoms with Crippen LogP contribution < -0.4 is 10.1 Å². The third kappa shape index (κ3) is 3.41. The van der Waals surface area contributed by atoms with Gasteiger partial charge in [-0.3, -0.25) is 14.5 Å². The molecule has 2 amide bonds. The van der Waals surface area contributed by atoms with Crippen molar-refractivity contribution < 1.29 is 14.3 Å². The Morgan fingerprint density at radius 3 is 2.11 bits per heavy atom. The van der Waals surface area contributed by atoms with Crippen LogP contribution in [-0.2, 0) is 0 Å². The molecular formula is C22H20N2O3. The first kappa shape index (κ1) is 17.2. The fraction of sp³-hybridized carbons (Fsp3) is 0.182. The molecule has 0 spiro atoms. The molecular weight excluding hydrogens is 340 g/mol. The van der Waals surface area contributed by atoms with Gasteiger partial charge in [0.25, 0.3) is 11.8 Å². The normalized spacial score (nSPS) is 13.3. The Hall–Kier alpha value is -3.18. The molecule has 1 N–H and O–H groups in total. The number of nitrogens with one attached hydrogen (secondary N) is 1. The Labute approximate surface area is 157 Å². The summed E-state index contributed by atoms with van der Waals surface area (Å²) >= 11 is 0. The number of para-hydroxylation sites is 1.